The third-order valence-corrected chi connectivity index (χ3v) is 38.9. The maximum Gasteiger partial charge on any atom is 0.321 e. The number of alkyl halides is 6. The first-order chi connectivity index (χ1) is 84.2. The van der Waals surface area contributed by atoms with Crippen molar-refractivity contribution in [1.82, 2.24) is 16.0 Å². The maximum absolute atomic E-state index is 14.5. The summed E-state index contributed by atoms with van der Waals surface area (Å²) in [6.45, 7) is 64.4. The molecule has 0 heterocycles. The van der Waals surface area contributed by atoms with Crippen LogP contribution < -0.4 is 16.0 Å². The molecule has 0 aromatic rings. The number of Topliss-reactive ketones (excluding diaryl/α,β-unsaturated/α-hetero) is 2. The van der Waals surface area contributed by atoms with Crippen molar-refractivity contribution in [1.29, 1.82) is 0 Å². The van der Waals surface area contributed by atoms with Crippen LogP contribution in [0.4, 0.5) is 26.3 Å². The zero-order chi connectivity index (χ0) is 148. The molecule has 0 radical (unpaired) electrons. The van der Waals surface area contributed by atoms with Crippen LogP contribution in [0, 0.1) is 154 Å². The van der Waals surface area contributed by atoms with E-state index in [2.05, 4.69) is 127 Å². The van der Waals surface area contributed by atoms with Gasteiger partial charge in [-0.15, -0.1) is 0 Å². The van der Waals surface area contributed by atoms with Crippen molar-refractivity contribution in [2.24, 2.45) is 134 Å². The lowest BCUT2D eigenvalue weighted by atomic mass is 9.35. The van der Waals surface area contributed by atoms with E-state index in [0.717, 1.165) is 55.2 Å². The van der Waals surface area contributed by atoms with Gasteiger partial charge >= 0.3 is 17.8 Å². The van der Waals surface area contributed by atoms with Gasteiger partial charge in [0, 0.05) is 167 Å². The molecular formula is C100H194F6N6O11. The molecule has 6 N–H and O–H groups in total. The zero-order valence-corrected chi connectivity index (χ0v) is 77.0. The molecule has 0 aromatic heterocycles. The second kappa shape index (κ2) is 29.0. The van der Waals surface area contributed by atoms with E-state index < -0.39 is 129 Å². The third-order valence-electron chi connectivity index (χ3n) is 38.9. The van der Waals surface area contributed by atoms with Gasteiger partial charge in [-0.1, -0.05) is 160 Å². The summed E-state index contributed by atoms with van der Waals surface area (Å²) in [5.41, 5.74) is -7.09. The Hall–Kier alpha value is -7.03. The van der Waals surface area contributed by atoms with Gasteiger partial charge in [-0.25, -0.2) is 14.5 Å². The quantitative estimate of drug-likeness (QED) is 0.0936. The molecule has 0 aliphatic heterocycles. The number of ketones is 5. The molecule has 15 aliphatic rings. The van der Waals surface area contributed by atoms with Crippen LogP contribution in [0.5, 0.6) is 0 Å². The van der Waals surface area contributed by atoms with Gasteiger partial charge in [0.1, 0.15) is 5.76 Å². The first kappa shape index (κ1) is 63.0. The fourth-order valence-corrected chi connectivity index (χ4v) is 31.0. The lowest BCUT2D eigenvalue weighted by molar-refractivity contribution is -0.170. The van der Waals surface area contributed by atoms with Crippen molar-refractivity contribution in [2.45, 2.75) is 334 Å². The summed E-state index contributed by atoms with van der Waals surface area (Å²) >= 11 is 0. The summed E-state index contributed by atoms with van der Waals surface area (Å²) in [7, 11) is 0. The lowest BCUT2D eigenvalue weighted by Gasteiger charge is -2.70. The van der Waals surface area contributed by atoms with E-state index in [4.69, 9.17) is 103 Å². The maximum atomic E-state index is 14.5. The Kier molecular flexibility index (Phi) is 14.9. The van der Waals surface area contributed by atoms with Crippen molar-refractivity contribution in [3.63, 3.8) is 0 Å². The second-order valence-electron chi connectivity index (χ2n) is 47.2. The average molecular weight is 1890 g/mol. The number of aliphatic hydroxyl groups excluding tert-OH is 3. The number of allylic oxidation sites excluding steroid dienone is 11. The Balaban J connectivity index is -0.000000123. The molecule has 0 bridgehead atoms. The topological polar surface area (TPSA) is 246 Å². The fourth-order valence-electron chi connectivity index (χ4n) is 31.0. The predicted octanol–water partition coefficient (Wildman–Crippen LogP) is 27.4. The number of hydrogen-bond acceptors (Lipinski definition) is 11. The van der Waals surface area contributed by atoms with Crippen LogP contribution in [0.3, 0.4) is 0 Å². The summed E-state index contributed by atoms with van der Waals surface area (Å²) in [6.07, 6.45) is 23.7. The number of aliphatic hydroxyl groups is 3. The van der Waals surface area contributed by atoms with Gasteiger partial charge in [-0.05, 0) is 256 Å². The van der Waals surface area contributed by atoms with Crippen molar-refractivity contribution >= 4 is 46.6 Å². The molecule has 0 unspecified atom stereocenters. The van der Waals surface area contributed by atoms with E-state index in [1.54, 1.807) is 25.2 Å². The number of rotatable bonds is 9. The SMILES string of the molecule is [3HH].[3H][3H].[3H][3H].[3H][3H].[3H][3H].[3H][3H].[3H][3H].[3H][3H].[3H][3H].[3H][3H].[3H][3H].[3H][3H].[3H][3H].[3H][3H].[3H][3H].[3H][3H].[3H][3H].[3H][3H].[3H][3H].[3H][3H].[3H][3H].[3H][3H].[3H][3H].[3H][3H].[3H][3H].[3H][3H].[3H][3H].[3H][3H].[3H][3H].[C-]#[N+]C1=C(O)[C@@](C)(CO)[C@@H]2CC[C@]3(C)C(=CC(=O)[C@@H]4[C@@H]5CC(C)(C)CC[C@]5(NC(=O)C(C)(F)F)CC[C@]43C)[C@@]2(C)C1.[C-]#[N+]C1=C[C@]2(C)C3=CC(=O)[C@@H]4[C@@H]5CC(C)(C)CC[C@]5(NC(=O)C(C)(F)F)CC[C@@]4(C)[C@]3(C)CC[C@H]2[C@](C)(CC)C1=O.[C-]#[N+]C1=C[C@]2(C)C3=CC(=O)[C@@H]4[C@@H]5CC(C)(C)CC[C@]5(NC(=O)C(C)(F)F)CC[C@@]4(C)[C@]3(C)CC[C@H]2[C@](C)(CO)C1=O. The molecule has 15 aliphatic carbocycles. The van der Waals surface area contributed by atoms with E-state index in [1.165, 1.54) is 0 Å². The van der Waals surface area contributed by atoms with Crippen molar-refractivity contribution in [3.05, 3.63) is 104 Å². The van der Waals surface area contributed by atoms with Gasteiger partial charge in [-0.3, -0.25) is 28.8 Å². The summed E-state index contributed by atoms with van der Waals surface area (Å²) in [5.74, 6) is -17.5. The third kappa shape index (κ3) is 13.3. The number of hydrogen-bond donors (Lipinski definition) is 6. The number of nitrogens with one attached hydrogen (secondary N) is 3. The monoisotopic (exact) mass is 1880 g/mol. The molecule has 9 saturated carbocycles. The Bertz CT molecular complexity index is 4840. The highest BCUT2D eigenvalue weighted by Gasteiger charge is 2.76. The van der Waals surface area contributed by atoms with E-state index in [1.807, 2.05) is 39.8 Å². The molecule has 23 heteroatoms. The van der Waals surface area contributed by atoms with E-state index in [-0.39, 0.29) is 124 Å². The number of fused-ring (bicyclic) bond motifs is 21. The first-order valence-corrected chi connectivity index (χ1v) is 45.5. The summed E-state index contributed by atoms with van der Waals surface area (Å²) in [5, 5.41) is 40.4. The van der Waals surface area contributed by atoms with E-state index in [9.17, 15) is 80.0 Å². The van der Waals surface area contributed by atoms with Gasteiger partial charge in [0.25, 0.3) is 17.7 Å². The minimum atomic E-state index is -3.51. The molecule has 17 nitrogen and oxygen atoms in total. The van der Waals surface area contributed by atoms with Crippen LogP contribution in [-0.2, 0) is 38.4 Å². The molecule has 123 heavy (non-hydrogen) atoms. The standard InChI is InChI=1S/C34H46F2N2O3.C33H46F2N2O4.C33H44F2N2O4.29H2/c1-10-29(4)23-11-12-31(6)24(30(23,5)19-21(37-9)26(29)40)17-22(39)25-20-18-28(2,3)13-15-34(20,16-14-32(25,31)7)38-27(41)33(8,35)36;2*1-27(2)11-13-33(37-26(41)32(7,34)35)14-12-31(6)24(19(33)16-27)21(39)15-23-28(3)17-20(36-8)25(40)29(4,18-38)22(28)9-10-30(23,31)5;;;;;;;;;;;;;;;;;;;;;;;;;;;;;/h17,19-20,23,25H,10-16,18H2,1-8H3,(H,38,41);15,19,22,24,38,40H,9-14,16-18H2,1-7H3,(H,37,41);15,17,19,22,24,38H,9-14,16,18H2,1-7H3,(H,37,41);29*1H/t20-,23-,25-,29-,30-,31+,32+,34-;2*19-,22+,24-,28-,29-,30+,31+,33-;;;;;;;;;;;;;;;;;;;;;;;;;;;;;/m000............................./s1/i;;;28*1+2T;1+2. The summed E-state index contributed by atoms with van der Waals surface area (Å²) in [4.78, 5) is 119. The molecule has 15 rings (SSSR count). The molecule has 732 valence electrons. The molecule has 24 atom stereocenters. The molecule has 0 aromatic carbocycles. The lowest BCUT2D eigenvalue weighted by Crippen LogP contribution is -2.70. The van der Waals surface area contributed by atoms with Crippen LogP contribution in [0.1, 0.15) is 385 Å². The molecule has 9 fully saturated rings. The normalized spacial score (nSPS) is 47.0. The minimum Gasteiger partial charge on any atom is -0.523 e. The molecule has 0 spiro atoms. The highest BCUT2D eigenvalue weighted by molar-refractivity contribution is 6.05. The number of halogens is 6. The van der Waals surface area contributed by atoms with Crippen molar-refractivity contribution in [2.75, 3.05) is 13.2 Å². The minimum absolute atomic E-state index is 0. The Morgan fingerprint density at radius 3 is 1.03 bits per heavy atom. The largest absolute Gasteiger partial charge is 0.523 e. The highest BCUT2D eigenvalue weighted by atomic mass is 19.3. The van der Waals surface area contributed by atoms with Gasteiger partial charge in [0.05, 0.1) is 32.9 Å². The van der Waals surface area contributed by atoms with Crippen molar-refractivity contribution < 1.29 is 165 Å². The van der Waals surface area contributed by atoms with Crippen LogP contribution in [0.2, 0.25) is 0 Å². The summed E-state index contributed by atoms with van der Waals surface area (Å²) in [6, 6.07) is 0. The number of carbonyl (C=O) groups is 8. The highest BCUT2D eigenvalue weighted by Crippen LogP contribution is 2.79. The smallest absolute Gasteiger partial charge is 0.321 e. The zero-order valence-electron chi connectivity index (χ0n) is 133. The number of carbonyl (C=O) groups excluding carboxylic acids is 8. The van der Waals surface area contributed by atoms with Crippen LogP contribution in [-0.4, -0.2) is 110 Å². The molecular weight excluding hydrogens is 1580 g/mol. The van der Waals surface area contributed by atoms with Gasteiger partial charge < -0.3 is 40.9 Å². The second-order valence-corrected chi connectivity index (χ2v) is 47.2. The van der Waals surface area contributed by atoms with Crippen LogP contribution >= 0.6 is 0 Å². The summed E-state index contributed by atoms with van der Waals surface area (Å²) < 4.78 is 365. The predicted molar refractivity (Wildman–Crippen MR) is 517 cm³/mol. The van der Waals surface area contributed by atoms with Crippen molar-refractivity contribution in [3.8, 4) is 0 Å². The Morgan fingerprint density at radius 1 is 0.439 bits per heavy atom. The average Bonchev–Trinajstić information content (AvgIpc) is 0.673. The van der Waals surface area contributed by atoms with Gasteiger partial charge in [0.15, 0.2) is 28.9 Å². The number of nitrogens with zero attached hydrogens (tertiary/aromatic N) is 3. The van der Waals surface area contributed by atoms with E-state index in [0.29, 0.717) is 130 Å². The fraction of sp³-hybridized carbons (Fsp3) is 0.770. The Morgan fingerprint density at radius 2 is 0.732 bits per heavy atom. The van der Waals surface area contributed by atoms with E-state index >= 15 is 0 Å². The van der Waals surface area contributed by atoms with Crippen LogP contribution in [0.25, 0.3) is 14.5 Å². The van der Waals surface area contributed by atoms with Gasteiger partial charge in [-0.2, -0.15) is 26.3 Å². The molecule has 0 saturated heterocycles. The van der Waals surface area contributed by atoms with Crippen LogP contribution in [0.15, 0.2) is 69.9 Å². The first-order valence-electron chi connectivity index (χ1n) is 73.5. The Labute approximate surface area is 813 Å². The number of amides is 3. The molecule has 3 amide bonds. The van der Waals surface area contributed by atoms with Gasteiger partial charge in [0.2, 0.25) is 17.1 Å².